The molecule has 1 spiro atoms. The fraction of sp³-hybridized carbons (Fsp3) is 0.688. The van der Waals surface area contributed by atoms with E-state index in [9.17, 15) is 49.8 Å². The fourth-order valence-corrected chi connectivity index (χ4v) is 9.07. The van der Waals surface area contributed by atoms with Crippen LogP contribution in [0.5, 0.6) is 0 Å². The number of carbonyl (C=O) groups is 4. The molecule has 2 unspecified atom stereocenters. The zero-order valence-electron chi connectivity index (χ0n) is 26.9. The smallest absolute Gasteiger partial charge is 0.348 e. The number of ketones is 1. The monoisotopic (exact) mass is 680 g/mol. The van der Waals surface area contributed by atoms with Gasteiger partial charge in [-0.2, -0.15) is 0 Å². The van der Waals surface area contributed by atoms with Crippen LogP contribution < -0.4 is 0 Å². The first kappa shape index (κ1) is 34.6. The maximum absolute atomic E-state index is 13.7. The van der Waals surface area contributed by atoms with Crippen molar-refractivity contribution < 1.29 is 78.2 Å². The fourth-order valence-electron chi connectivity index (χ4n) is 9.07. The van der Waals surface area contributed by atoms with Gasteiger partial charge in [-0.15, -0.1) is 0 Å². The van der Waals surface area contributed by atoms with E-state index in [4.69, 9.17) is 28.4 Å². The first-order valence-corrected chi connectivity index (χ1v) is 15.6. The molecule has 0 amide bonds. The summed E-state index contributed by atoms with van der Waals surface area (Å²) in [6.07, 6.45) is -12.6. The van der Waals surface area contributed by atoms with Gasteiger partial charge in [-0.3, -0.25) is 4.79 Å². The summed E-state index contributed by atoms with van der Waals surface area (Å²) in [5.74, 6) is -6.66. The molecule has 0 aromatic rings. The summed E-state index contributed by atoms with van der Waals surface area (Å²) in [6.45, 7) is 5.31. The zero-order chi connectivity index (χ0) is 35.2. The van der Waals surface area contributed by atoms with E-state index < -0.39 is 114 Å². The Bertz CT molecular complexity index is 1510. The van der Waals surface area contributed by atoms with Crippen LogP contribution in [0.2, 0.25) is 0 Å². The van der Waals surface area contributed by atoms with Crippen molar-refractivity contribution in [1.29, 1.82) is 0 Å². The number of ether oxygens (including phenoxy) is 6. The minimum atomic E-state index is -2.35. The van der Waals surface area contributed by atoms with Crippen molar-refractivity contribution in [1.82, 2.24) is 0 Å². The summed E-state index contributed by atoms with van der Waals surface area (Å²) in [7, 11) is 1.05. The van der Waals surface area contributed by atoms with Crippen LogP contribution in [0.4, 0.5) is 0 Å². The van der Waals surface area contributed by atoms with E-state index in [0.29, 0.717) is 11.1 Å². The lowest BCUT2D eigenvalue weighted by Crippen LogP contribution is -2.78. The number of hydrogen-bond acceptors (Lipinski definition) is 16. The number of allylic oxidation sites excluding steroid dienone is 3. The van der Waals surface area contributed by atoms with Crippen LogP contribution in [0.1, 0.15) is 34.1 Å². The Morgan fingerprint density at radius 1 is 1.04 bits per heavy atom. The van der Waals surface area contributed by atoms with Crippen molar-refractivity contribution in [3.8, 4) is 0 Å². The highest BCUT2D eigenvalue weighted by atomic mass is 16.7. The Morgan fingerprint density at radius 2 is 1.73 bits per heavy atom. The highest BCUT2D eigenvalue weighted by Crippen LogP contribution is 2.72. The molecule has 14 atom stereocenters. The molecule has 0 radical (unpaired) electrons. The topological polar surface area (TPSA) is 245 Å². The summed E-state index contributed by atoms with van der Waals surface area (Å²) >= 11 is 0. The third-order valence-corrected chi connectivity index (χ3v) is 11.1. The Hall–Kier alpha value is -3.22. The predicted octanol–water partition coefficient (Wildman–Crippen LogP) is -2.30. The SMILES string of the molecule is COC(=O)[C@@]12OC[C@]34C(C(O)[C@@H]1O)[C@@]1(C)C=C(O[C@@H]5O[C@H](CO)[C@@H](O)[C@H](O)[C@H]5O)C(=O)C(C)=C1C[C@H]3OC(=O)[C@H](OC(=O)C=C(C)C)[C@@H]24. The van der Waals surface area contributed by atoms with Gasteiger partial charge in [0.1, 0.15) is 36.6 Å². The van der Waals surface area contributed by atoms with Gasteiger partial charge in [-0.05, 0) is 32.4 Å². The molecule has 0 aromatic heterocycles. The van der Waals surface area contributed by atoms with Gasteiger partial charge in [0.15, 0.2) is 5.76 Å². The number of Topliss-reactive ketones (excluding diaryl/α,β-unsaturated/α-hetero) is 1. The summed E-state index contributed by atoms with van der Waals surface area (Å²) < 4.78 is 34.0. The maximum atomic E-state index is 13.7. The molecular formula is C32H40O16. The molecule has 6 aliphatic rings. The average molecular weight is 681 g/mol. The second kappa shape index (κ2) is 11.7. The molecule has 48 heavy (non-hydrogen) atoms. The molecule has 3 heterocycles. The number of methoxy groups -OCH3 is 1. The molecule has 264 valence electrons. The Balaban J connectivity index is 1.49. The van der Waals surface area contributed by atoms with E-state index in [-0.39, 0.29) is 24.4 Å². The molecule has 3 aliphatic heterocycles. The average Bonchev–Trinajstić information content (AvgIpc) is 3.34. The van der Waals surface area contributed by atoms with Crippen LogP contribution in [-0.2, 0) is 47.6 Å². The van der Waals surface area contributed by atoms with Gasteiger partial charge in [0.2, 0.25) is 23.8 Å². The third-order valence-electron chi connectivity index (χ3n) is 11.1. The van der Waals surface area contributed by atoms with Crippen LogP contribution in [-0.4, -0.2) is 135 Å². The van der Waals surface area contributed by atoms with E-state index >= 15 is 0 Å². The number of hydrogen-bond donors (Lipinski definition) is 6. The van der Waals surface area contributed by atoms with Gasteiger partial charge in [-0.25, -0.2) is 14.4 Å². The highest BCUT2D eigenvalue weighted by Gasteiger charge is 2.84. The van der Waals surface area contributed by atoms with Crippen LogP contribution in [0.3, 0.4) is 0 Å². The number of aliphatic hydroxyl groups is 6. The van der Waals surface area contributed by atoms with Gasteiger partial charge in [-0.1, -0.05) is 12.5 Å². The van der Waals surface area contributed by atoms with E-state index in [0.717, 1.165) is 13.2 Å². The van der Waals surface area contributed by atoms with Gasteiger partial charge in [0.05, 0.1) is 32.3 Å². The normalized spacial score (nSPS) is 46.1. The third kappa shape index (κ3) is 4.50. The second-order valence-corrected chi connectivity index (χ2v) is 13.8. The largest absolute Gasteiger partial charge is 0.467 e. The molecule has 6 N–H and O–H groups in total. The van der Waals surface area contributed by atoms with E-state index in [1.807, 2.05) is 0 Å². The highest BCUT2D eigenvalue weighted by molar-refractivity contribution is 6.08. The summed E-state index contributed by atoms with van der Waals surface area (Å²) in [4.78, 5) is 53.8. The van der Waals surface area contributed by atoms with Crippen LogP contribution in [0, 0.1) is 22.7 Å². The number of aliphatic hydroxyl groups excluding tert-OH is 6. The van der Waals surface area contributed by atoms with Crippen molar-refractivity contribution in [2.45, 2.75) is 94.8 Å². The van der Waals surface area contributed by atoms with E-state index in [2.05, 4.69) is 0 Å². The number of esters is 3. The lowest BCUT2D eigenvalue weighted by Gasteiger charge is -2.65. The summed E-state index contributed by atoms with van der Waals surface area (Å²) in [5.41, 5.74) is -4.15. The molecular weight excluding hydrogens is 640 g/mol. The quantitative estimate of drug-likeness (QED) is 0.0981. The van der Waals surface area contributed by atoms with Crippen molar-refractivity contribution in [3.05, 3.63) is 34.6 Å². The molecule has 2 bridgehead atoms. The summed E-state index contributed by atoms with van der Waals surface area (Å²) in [5, 5.41) is 64.5. The minimum absolute atomic E-state index is 0.0747. The molecule has 6 rings (SSSR count). The predicted molar refractivity (Wildman–Crippen MR) is 155 cm³/mol. The molecule has 3 aliphatic carbocycles. The Labute approximate surface area is 274 Å². The van der Waals surface area contributed by atoms with Crippen molar-refractivity contribution in [3.63, 3.8) is 0 Å². The van der Waals surface area contributed by atoms with Crippen LogP contribution in [0.25, 0.3) is 0 Å². The van der Waals surface area contributed by atoms with Crippen molar-refractivity contribution in [2.24, 2.45) is 22.7 Å². The molecule has 0 aromatic carbocycles. The molecule has 16 heteroatoms. The van der Waals surface area contributed by atoms with E-state index in [1.54, 1.807) is 20.8 Å². The van der Waals surface area contributed by atoms with E-state index in [1.165, 1.54) is 13.0 Å². The molecule has 5 fully saturated rings. The standard InChI is InChI=1S/C32H40O16/c1-11(2)6-17(34)48-23-25-31-10-44-32(25,29(42)43-5)26(40)22(39)24(31)30(4)8-14(18(35)12(3)13(30)7-16(31)47-27(23)41)45-28-21(38)20(37)19(36)15(9-33)46-28/h6,8,15-16,19-26,28,33,36-40H,7,9-10H2,1-5H3/t15-,16-,19-,20+,21-,22?,23-,24?,25-,26+,28-,30+,31-,32+/m1/s1. The summed E-state index contributed by atoms with van der Waals surface area (Å²) in [6, 6.07) is 0. The molecule has 3 saturated heterocycles. The van der Waals surface area contributed by atoms with Crippen molar-refractivity contribution in [2.75, 3.05) is 20.3 Å². The lowest BCUT2D eigenvalue weighted by atomic mass is 9.40. The van der Waals surface area contributed by atoms with Gasteiger partial charge < -0.3 is 59.1 Å². The number of fused-ring (bicyclic) bond motifs is 2. The zero-order valence-corrected chi connectivity index (χ0v) is 26.9. The lowest BCUT2D eigenvalue weighted by molar-refractivity contribution is -0.291. The van der Waals surface area contributed by atoms with Crippen molar-refractivity contribution >= 4 is 23.7 Å². The van der Waals surface area contributed by atoms with Gasteiger partial charge in [0, 0.05) is 34.8 Å². The molecule has 2 saturated carbocycles. The van der Waals surface area contributed by atoms with Crippen LogP contribution in [0.15, 0.2) is 34.6 Å². The minimum Gasteiger partial charge on any atom is -0.467 e. The second-order valence-electron chi connectivity index (χ2n) is 13.8. The van der Waals surface area contributed by atoms with Gasteiger partial charge >= 0.3 is 17.9 Å². The first-order valence-electron chi connectivity index (χ1n) is 15.6. The van der Waals surface area contributed by atoms with Crippen LogP contribution >= 0.6 is 0 Å². The van der Waals surface area contributed by atoms with Gasteiger partial charge in [0.25, 0.3) is 0 Å². The molecule has 16 nitrogen and oxygen atoms in total. The number of carbonyl (C=O) groups excluding carboxylic acids is 4. The number of rotatable bonds is 6. The Kier molecular flexibility index (Phi) is 8.44. The maximum Gasteiger partial charge on any atom is 0.348 e. The Morgan fingerprint density at radius 3 is 2.35 bits per heavy atom. The first-order chi connectivity index (χ1) is 22.5.